The quantitative estimate of drug-likeness (QED) is 0.856. The summed E-state index contributed by atoms with van der Waals surface area (Å²) in [5, 5.41) is 8.98. The number of benzene rings is 2. The fourth-order valence-electron chi connectivity index (χ4n) is 2.95. The normalized spacial score (nSPS) is 15.1. The number of anilines is 1. The van der Waals surface area contributed by atoms with Crippen LogP contribution >= 0.6 is 0 Å². The summed E-state index contributed by atoms with van der Waals surface area (Å²) in [7, 11) is 0. The standard InChI is InChI=1S/C19H20F2N2O3/c20-15-4-5-17(21)18(13-15)23-8-6-22(7-9-23)10-11-26-16-3-1-2-14(12-16)19(24)25/h1-5,12-13H,6-11H2,(H,24,25). The molecule has 1 fully saturated rings. The Morgan fingerprint density at radius 1 is 1.08 bits per heavy atom. The Hall–Kier alpha value is -2.67. The van der Waals surface area contributed by atoms with E-state index in [0.29, 0.717) is 50.8 Å². The van der Waals surface area contributed by atoms with Gasteiger partial charge in [0.25, 0.3) is 0 Å². The molecule has 26 heavy (non-hydrogen) atoms. The van der Waals surface area contributed by atoms with Gasteiger partial charge in [-0.1, -0.05) is 6.07 Å². The molecule has 1 saturated heterocycles. The van der Waals surface area contributed by atoms with Crippen LogP contribution in [-0.4, -0.2) is 55.3 Å². The average Bonchev–Trinajstić information content (AvgIpc) is 2.65. The van der Waals surface area contributed by atoms with E-state index in [1.165, 1.54) is 18.2 Å². The Kier molecular flexibility index (Phi) is 5.68. The second-order valence-corrected chi connectivity index (χ2v) is 6.11. The highest BCUT2D eigenvalue weighted by atomic mass is 19.1. The molecule has 138 valence electrons. The fraction of sp³-hybridized carbons (Fsp3) is 0.316. The number of carbonyl (C=O) groups is 1. The van der Waals surface area contributed by atoms with E-state index in [2.05, 4.69) is 4.90 Å². The molecule has 3 rings (SSSR count). The number of hydrogen-bond donors (Lipinski definition) is 1. The second kappa shape index (κ2) is 8.14. The Bertz CT molecular complexity index is 777. The maximum atomic E-state index is 13.8. The van der Waals surface area contributed by atoms with E-state index >= 15 is 0 Å². The predicted molar refractivity (Wildman–Crippen MR) is 93.9 cm³/mol. The van der Waals surface area contributed by atoms with Crippen molar-refractivity contribution in [1.82, 2.24) is 4.90 Å². The molecule has 0 aromatic heterocycles. The molecule has 0 atom stereocenters. The molecule has 0 bridgehead atoms. The summed E-state index contributed by atoms with van der Waals surface area (Å²) in [5.41, 5.74) is 0.486. The summed E-state index contributed by atoms with van der Waals surface area (Å²) in [5.74, 6) is -1.33. The van der Waals surface area contributed by atoms with E-state index in [1.54, 1.807) is 12.1 Å². The molecule has 1 heterocycles. The molecular weight excluding hydrogens is 342 g/mol. The van der Waals surface area contributed by atoms with Gasteiger partial charge < -0.3 is 14.7 Å². The largest absolute Gasteiger partial charge is 0.492 e. The number of carboxylic acid groups (broad SMARTS) is 1. The van der Waals surface area contributed by atoms with Crippen LogP contribution in [0.3, 0.4) is 0 Å². The number of nitrogens with zero attached hydrogens (tertiary/aromatic N) is 2. The van der Waals surface area contributed by atoms with Crippen LogP contribution in [-0.2, 0) is 0 Å². The molecular formula is C19H20F2N2O3. The molecule has 0 amide bonds. The first-order valence-electron chi connectivity index (χ1n) is 8.41. The molecule has 1 aliphatic heterocycles. The van der Waals surface area contributed by atoms with Crippen LogP contribution in [0, 0.1) is 11.6 Å². The highest BCUT2D eigenvalue weighted by Crippen LogP contribution is 2.22. The minimum Gasteiger partial charge on any atom is -0.492 e. The van der Waals surface area contributed by atoms with E-state index in [0.717, 1.165) is 12.1 Å². The minimum absolute atomic E-state index is 0.188. The zero-order valence-electron chi connectivity index (χ0n) is 14.2. The highest BCUT2D eigenvalue weighted by Gasteiger charge is 2.19. The van der Waals surface area contributed by atoms with Gasteiger partial charge in [0, 0.05) is 38.8 Å². The maximum absolute atomic E-state index is 13.8. The van der Waals surface area contributed by atoms with Crippen molar-refractivity contribution in [2.24, 2.45) is 0 Å². The van der Waals surface area contributed by atoms with Crippen LogP contribution < -0.4 is 9.64 Å². The summed E-state index contributed by atoms with van der Waals surface area (Å²) in [4.78, 5) is 15.0. The van der Waals surface area contributed by atoms with Crippen LogP contribution in [0.15, 0.2) is 42.5 Å². The topological polar surface area (TPSA) is 53.0 Å². The van der Waals surface area contributed by atoms with Gasteiger partial charge in [0.05, 0.1) is 11.3 Å². The van der Waals surface area contributed by atoms with Gasteiger partial charge in [0.2, 0.25) is 0 Å². The van der Waals surface area contributed by atoms with Crippen molar-refractivity contribution in [1.29, 1.82) is 0 Å². The van der Waals surface area contributed by atoms with Gasteiger partial charge in [-0.15, -0.1) is 0 Å². The average molecular weight is 362 g/mol. The van der Waals surface area contributed by atoms with Crippen molar-refractivity contribution in [3.05, 3.63) is 59.7 Å². The van der Waals surface area contributed by atoms with Crippen LogP contribution in [0.4, 0.5) is 14.5 Å². The maximum Gasteiger partial charge on any atom is 0.335 e. The first-order chi connectivity index (χ1) is 12.5. The van der Waals surface area contributed by atoms with Crippen molar-refractivity contribution < 1.29 is 23.4 Å². The van der Waals surface area contributed by atoms with Crippen molar-refractivity contribution in [3.63, 3.8) is 0 Å². The van der Waals surface area contributed by atoms with E-state index in [4.69, 9.17) is 9.84 Å². The lowest BCUT2D eigenvalue weighted by atomic mass is 10.2. The first kappa shape index (κ1) is 18.1. The Labute approximate surface area is 150 Å². The number of aromatic carboxylic acids is 1. The van der Waals surface area contributed by atoms with Crippen LogP contribution in [0.5, 0.6) is 5.75 Å². The lowest BCUT2D eigenvalue weighted by Gasteiger charge is -2.36. The molecule has 0 radical (unpaired) electrons. The lowest BCUT2D eigenvalue weighted by Crippen LogP contribution is -2.47. The third-order valence-corrected chi connectivity index (χ3v) is 4.38. The van der Waals surface area contributed by atoms with Gasteiger partial charge in [0.15, 0.2) is 0 Å². The molecule has 0 spiro atoms. The second-order valence-electron chi connectivity index (χ2n) is 6.11. The van der Waals surface area contributed by atoms with Gasteiger partial charge in [-0.25, -0.2) is 13.6 Å². The third-order valence-electron chi connectivity index (χ3n) is 4.38. The minimum atomic E-state index is -0.990. The Balaban J connectivity index is 1.46. The molecule has 7 heteroatoms. The van der Waals surface area contributed by atoms with Crippen molar-refractivity contribution in [3.8, 4) is 5.75 Å². The number of halogens is 2. The van der Waals surface area contributed by atoms with Crippen LogP contribution in [0.25, 0.3) is 0 Å². The molecule has 2 aromatic carbocycles. The van der Waals surface area contributed by atoms with Gasteiger partial charge >= 0.3 is 5.97 Å². The molecule has 2 aromatic rings. The Morgan fingerprint density at radius 2 is 1.85 bits per heavy atom. The van der Waals surface area contributed by atoms with Gasteiger partial charge in [-0.2, -0.15) is 0 Å². The SMILES string of the molecule is O=C(O)c1cccc(OCCN2CCN(c3cc(F)ccc3F)CC2)c1. The summed E-state index contributed by atoms with van der Waals surface area (Å²) in [6, 6.07) is 9.86. The third kappa shape index (κ3) is 4.49. The molecule has 0 saturated carbocycles. The summed E-state index contributed by atoms with van der Waals surface area (Å²) in [6.07, 6.45) is 0. The van der Waals surface area contributed by atoms with Crippen LogP contribution in [0.1, 0.15) is 10.4 Å². The monoisotopic (exact) mass is 362 g/mol. The molecule has 0 unspecified atom stereocenters. The van der Waals surface area contributed by atoms with E-state index in [9.17, 15) is 13.6 Å². The molecule has 0 aliphatic carbocycles. The van der Waals surface area contributed by atoms with Gasteiger partial charge in [-0.05, 0) is 30.3 Å². The molecule has 1 aliphatic rings. The van der Waals surface area contributed by atoms with Gasteiger partial charge in [-0.3, -0.25) is 4.90 Å². The number of ether oxygens (including phenoxy) is 1. The summed E-state index contributed by atoms with van der Waals surface area (Å²) >= 11 is 0. The van der Waals surface area contributed by atoms with E-state index in [-0.39, 0.29) is 5.56 Å². The Morgan fingerprint density at radius 3 is 2.58 bits per heavy atom. The first-order valence-corrected chi connectivity index (χ1v) is 8.41. The summed E-state index contributed by atoms with van der Waals surface area (Å²) in [6.45, 7) is 3.75. The molecule has 5 nitrogen and oxygen atoms in total. The number of hydrogen-bond acceptors (Lipinski definition) is 4. The van der Waals surface area contributed by atoms with E-state index in [1.807, 2.05) is 4.90 Å². The number of piperazine rings is 1. The van der Waals surface area contributed by atoms with Crippen LogP contribution in [0.2, 0.25) is 0 Å². The highest BCUT2D eigenvalue weighted by molar-refractivity contribution is 5.87. The lowest BCUT2D eigenvalue weighted by molar-refractivity contribution is 0.0696. The smallest absolute Gasteiger partial charge is 0.335 e. The van der Waals surface area contributed by atoms with Crippen molar-refractivity contribution in [2.75, 3.05) is 44.2 Å². The summed E-state index contributed by atoms with van der Waals surface area (Å²) < 4.78 is 32.8. The van der Waals surface area contributed by atoms with E-state index < -0.39 is 17.6 Å². The van der Waals surface area contributed by atoms with Crippen molar-refractivity contribution >= 4 is 11.7 Å². The fourth-order valence-corrected chi connectivity index (χ4v) is 2.95. The predicted octanol–water partition coefficient (Wildman–Crippen LogP) is 2.86. The zero-order chi connectivity index (χ0) is 18.5. The van der Waals surface area contributed by atoms with Gasteiger partial charge in [0.1, 0.15) is 24.0 Å². The van der Waals surface area contributed by atoms with Crippen molar-refractivity contribution in [2.45, 2.75) is 0 Å². The zero-order valence-corrected chi connectivity index (χ0v) is 14.2. The molecule has 1 N–H and O–H groups in total. The number of rotatable bonds is 6. The number of carboxylic acids is 1.